The van der Waals surface area contributed by atoms with Crippen LogP contribution < -0.4 is 5.32 Å². The molecule has 2 aromatic heterocycles. The van der Waals surface area contributed by atoms with Gasteiger partial charge in [0.05, 0.1) is 5.69 Å². The van der Waals surface area contributed by atoms with Crippen molar-refractivity contribution in [2.24, 2.45) is 0 Å². The van der Waals surface area contributed by atoms with E-state index in [9.17, 15) is 9.59 Å². The Bertz CT molecular complexity index is 671. The van der Waals surface area contributed by atoms with Crippen LogP contribution in [0.5, 0.6) is 0 Å². The molecule has 0 unspecified atom stereocenters. The van der Waals surface area contributed by atoms with Crippen LogP contribution in [0.25, 0.3) is 0 Å². The van der Waals surface area contributed by atoms with Crippen LogP contribution in [-0.4, -0.2) is 36.5 Å². The van der Waals surface area contributed by atoms with Gasteiger partial charge in [-0.15, -0.1) is 0 Å². The number of aryl methyl sites for hydroxylation is 1. The topological polar surface area (TPSA) is 102 Å². The van der Waals surface area contributed by atoms with Crippen LogP contribution >= 0.6 is 0 Å². The lowest BCUT2D eigenvalue weighted by atomic mass is 10.3. The first-order valence-electron chi connectivity index (χ1n) is 6.49. The molecular formula is C13H17N5O3. The Balaban J connectivity index is 2.23. The second-order valence-corrected chi connectivity index (χ2v) is 4.93. The lowest BCUT2D eigenvalue weighted by Crippen LogP contribution is -2.22. The number of aromatic nitrogens is 4. The molecule has 0 radical (unpaired) electrons. The van der Waals surface area contributed by atoms with Crippen LogP contribution in [-0.2, 0) is 11.3 Å². The van der Waals surface area contributed by atoms with Crippen LogP contribution in [0.3, 0.4) is 0 Å². The molecule has 0 saturated heterocycles. The monoisotopic (exact) mass is 291 g/mol. The van der Waals surface area contributed by atoms with Gasteiger partial charge in [0.15, 0.2) is 0 Å². The molecular weight excluding hydrogens is 274 g/mol. The molecule has 8 nitrogen and oxygen atoms in total. The summed E-state index contributed by atoms with van der Waals surface area (Å²) in [6.07, 6.45) is 1.39. The van der Waals surface area contributed by atoms with Gasteiger partial charge in [0.25, 0.3) is 5.91 Å². The number of carboxylic acids is 1. The largest absolute Gasteiger partial charge is 0.480 e. The van der Waals surface area contributed by atoms with Crippen molar-refractivity contribution >= 4 is 17.7 Å². The van der Waals surface area contributed by atoms with E-state index in [2.05, 4.69) is 15.5 Å². The fourth-order valence-corrected chi connectivity index (χ4v) is 1.96. The number of hydrogen-bond acceptors (Lipinski definition) is 4. The smallest absolute Gasteiger partial charge is 0.325 e. The fourth-order valence-electron chi connectivity index (χ4n) is 1.96. The molecule has 0 atom stereocenters. The highest BCUT2D eigenvalue weighted by Crippen LogP contribution is 2.17. The zero-order valence-electron chi connectivity index (χ0n) is 12.1. The lowest BCUT2D eigenvalue weighted by molar-refractivity contribution is -0.137. The Morgan fingerprint density at radius 2 is 2.14 bits per heavy atom. The van der Waals surface area contributed by atoms with Crippen molar-refractivity contribution in [2.75, 3.05) is 5.32 Å². The van der Waals surface area contributed by atoms with Gasteiger partial charge < -0.3 is 10.4 Å². The van der Waals surface area contributed by atoms with Crippen molar-refractivity contribution in [1.29, 1.82) is 0 Å². The molecule has 0 aliphatic heterocycles. The molecule has 0 fully saturated rings. The molecule has 0 saturated carbocycles. The first-order valence-corrected chi connectivity index (χ1v) is 6.49. The van der Waals surface area contributed by atoms with Crippen LogP contribution in [0.2, 0.25) is 0 Å². The predicted octanol–water partition coefficient (Wildman–Crippen LogP) is 1.31. The Labute approximate surface area is 121 Å². The zero-order chi connectivity index (χ0) is 15.6. The number of carbonyl (C=O) groups is 2. The van der Waals surface area contributed by atoms with Crippen molar-refractivity contribution in [3.05, 3.63) is 29.7 Å². The minimum Gasteiger partial charge on any atom is -0.480 e. The van der Waals surface area contributed by atoms with E-state index in [1.54, 1.807) is 10.7 Å². The average Bonchev–Trinajstić information content (AvgIpc) is 2.95. The Hall–Kier alpha value is -2.64. The maximum atomic E-state index is 12.3. The first kappa shape index (κ1) is 14.8. The zero-order valence-corrected chi connectivity index (χ0v) is 12.1. The minimum atomic E-state index is -1.06. The van der Waals surface area contributed by atoms with Crippen molar-refractivity contribution in [1.82, 2.24) is 19.6 Å². The summed E-state index contributed by atoms with van der Waals surface area (Å²) in [6.45, 7) is 5.38. The molecule has 21 heavy (non-hydrogen) atoms. The third-order valence-electron chi connectivity index (χ3n) is 2.82. The Kier molecular flexibility index (Phi) is 4.06. The maximum Gasteiger partial charge on any atom is 0.325 e. The van der Waals surface area contributed by atoms with Crippen molar-refractivity contribution < 1.29 is 14.7 Å². The molecule has 112 valence electrons. The third kappa shape index (κ3) is 3.28. The van der Waals surface area contributed by atoms with E-state index in [1.807, 2.05) is 20.8 Å². The van der Waals surface area contributed by atoms with Crippen molar-refractivity contribution in [3.63, 3.8) is 0 Å². The van der Waals surface area contributed by atoms with Gasteiger partial charge in [-0.1, -0.05) is 0 Å². The van der Waals surface area contributed by atoms with E-state index in [1.165, 1.54) is 12.3 Å². The third-order valence-corrected chi connectivity index (χ3v) is 2.82. The van der Waals surface area contributed by atoms with Crippen LogP contribution in [0, 0.1) is 6.92 Å². The fraction of sp³-hybridized carbons (Fsp3) is 0.385. The van der Waals surface area contributed by atoms with Gasteiger partial charge in [-0.05, 0) is 26.8 Å². The quantitative estimate of drug-likeness (QED) is 0.864. The van der Waals surface area contributed by atoms with Gasteiger partial charge in [-0.3, -0.25) is 9.59 Å². The summed E-state index contributed by atoms with van der Waals surface area (Å²) in [5.74, 6) is -0.915. The number of anilines is 1. The predicted molar refractivity (Wildman–Crippen MR) is 75.2 cm³/mol. The van der Waals surface area contributed by atoms with Crippen LogP contribution in [0.4, 0.5) is 5.82 Å². The number of nitrogens with one attached hydrogen (secondary N) is 1. The molecule has 8 heteroatoms. The van der Waals surface area contributed by atoms with E-state index in [-0.39, 0.29) is 18.3 Å². The van der Waals surface area contributed by atoms with Crippen LogP contribution in [0.15, 0.2) is 18.3 Å². The first-order chi connectivity index (χ1) is 9.88. The SMILES string of the molecule is Cc1cc(NC(=O)c2ccnn2CC(=O)O)n(C(C)C)n1. The van der Waals surface area contributed by atoms with Gasteiger partial charge in [-0.25, -0.2) is 9.36 Å². The molecule has 0 spiro atoms. The van der Waals surface area contributed by atoms with E-state index >= 15 is 0 Å². The molecule has 0 bridgehead atoms. The summed E-state index contributed by atoms with van der Waals surface area (Å²) >= 11 is 0. The molecule has 0 aliphatic carbocycles. The van der Waals surface area contributed by atoms with Gasteiger partial charge >= 0.3 is 5.97 Å². The lowest BCUT2D eigenvalue weighted by Gasteiger charge is -2.12. The molecule has 0 aliphatic rings. The summed E-state index contributed by atoms with van der Waals surface area (Å²) in [5.41, 5.74) is 0.976. The number of rotatable bonds is 5. The van der Waals surface area contributed by atoms with E-state index < -0.39 is 11.9 Å². The van der Waals surface area contributed by atoms with Crippen LogP contribution in [0.1, 0.15) is 36.1 Å². The second kappa shape index (κ2) is 5.78. The molecule has 2 heterocycles. The highest BCUT2D eigenvalue weighted by atomic mass is 16.4. The van der Waals surface area contributed by atoms with Gasteiger partial charge in [0.1, 0.15) is 18.1 Å². The minimum absolute atomic E-state index is 0.0953. The summed E-state index contributed by atoms with van der Waals surface area (Å²) in [4.78, 5) is 23.0. The second-order valence-electron chi connectivity index (χ2n) is 4.93. The number of aliphatic carboxylic acids is 1. The molecule has 1 amide bonds. The van der Waals surface area contributed by atoms with Gasteiger partial charge in [0.2, 0.25) is 0 Å². The Morgan fingerprint density at radius 1 is 1.43 bits per heavy atom. The number of amides is 1. The number of nitrogens with zero attached hydrogens (tertiary/aromatic N) is 4. The average molecular weight is 291 g/mol. The summed E-state index contributed by atoms with van der Waals surface area (Å²) in [6, 6.07) is 3.33. The van der Waals surface area contributed by atoms with E-state index in [0.717, 1.165) is 10.4 Å². The molecule has 2 aromatic rings. The summed E-state index contributed by atoms with van der Waals surface area (Å²) in [7, 11) is 0. The molecule has 2 rings (SSSR count). The van der Waals surface area contributed by atoms with Gasteiger partial charge in [-0.2, -0.15) is 10.2 Å². The van der Waals surface area contributed by atoms with Crippen molar-refractivity contribution in [2.45, 2.75) is 33.4 Å². The van der Waals surface area contributed by atoms with E-state index in [0.29, 0.717) is 5.82 Å². The molecule has 2 N–H and O–H groups in total. The van der Waals surface area contributed by atoms with Gasteiger partial charge in [0, 0.05) is 18.3 Å². The normalized spacial score (nSPS) is 10.9. The highest BCUT2D eigenvalue weighted by molar-refractivity contribution is 6.02. The van der Waals surface area contributed by atoms with E-state index in [4.69, 9.17) is 5.11 Å². The maximum absolute atomic E-state index is 12.3. The highest BCUT2D eigenvalue weighted by Gasteiger charge is 2.17. The molecule has 0 aromatic carbocycles. The number of hydrogen-bond donors (Lipinski definition) is 2. The standard InChI is InChI=1S/C13H17N5O3/c1-8(2)18-11(6-9(3)16-18)15-13(21)10-4-5-14-17(10)7-12(19)20/h4-6,8H,7H2,1-3H3,(H,15,21)(H,19,20). The Morgan fingerprint density at radius 3 is 2.76 bits per heavy atom. The summed E-state index contributed by atoms with van der Waals surface area (Å²) < 4.78 is 2.84. The summed E-state index contributed by atoms with van der Waals surface area (Å²) in [5, 5.41) is 19.7. The number of carbonyl (C=O) groups excluding carboxylic acids is 1. The number of carboxylic acid groups (broad SMARTS) is 1. The van der Waals surface area contributed by atoms with Crippen molar-refractivity contribution in [3.8, 4) is 0 Å².